The van der Waals surface area contributed by atoms with Gasteiger partial charge in [-0.05, 0) is 23.6 Å². The first-order valence-electron chi connectivity index (χ1n) is 8.49. The van der Waals surface area contributed by atoms with E-state index in [9.17, 15) is 14.7 Å². The number of nitrogens with zero attached hydrogens (tertiary/aromatic N) is 1. The molecular weight excluding hydrogens is 330 g/mol. The zero-order chi connectivity index (χ0) is 19.4. The molecule has 0 bridgehead atoms. The van der Waals surface area contributed by atoms with Crippen molar-refractivity contribution in [3.63, 3.8) is 0 Å². The molecular formula is C20H27N3O3. The Hall–Kier alpha value is -2.86. The summed E-state index contributed by atoms with van der Waals surface area (Å²) in [6.07, 6.45) is 5.00. The lowest BCUT2D eigenvalue weighted by Gasteiger charge is -2.16. The van der Waals surface area contributed by atoms with Crippen molar-refractivity contribution in [2.24, 2.45) is 0 Å². The molecule has 26 heavy (non-hydrogen) atoms. The second-order valence-electron chi connectivity index (χ2n) is 5.66. The lowest BCUT2D eigenvalue weighted by atomic mass is 10.1. The molecule has 0 saturated heterocycles. The molecule has 0 aliphatic carbocycles. The number of benzene rings is 1. The lowest BCUT2D eigenvalue weighted by Crippen LogP contribution is -2.31. The van der Waals surface area contributed by atoms with E-state index >= 15 is 0 Å². The summed E-state index contributed by atoms with van der Waals surface area (Å²) in [6.45, 7) is 10.8. The molecule has 0 aliphatic rings. The maximum atomic E-state index is 12.0. The summed E-state index contributed by atoms with van der Waals surface area (Å²) in [7, 11) is 0. The average Bonchev–Trinajstić information content (AvgIpc) is 2.67. The second-order valence-corrected chi connectivity index (χ2v) is 5.66. The third kappa shape index (κ3) is 6.94. The van der Waals surface area contributed by atoms with Crippen molar-refractivity contribution in [3.05, 3.63) is 72.1 Å². The maximum Gasteiger partial charge on any atom is 0.266 e. The van der Waals surface area contributed by atoms with Gasteiger partial charge in [-0.2, -0.15) is 0 Å². The Morgan fingerprint density at radius 2 is 1.92 bits per heavy atom. The smallest absolute Gasteiger partial charge is 0.266 e. The van der Waals surface area contributed by atoms with Crippen LogP contribution >= 0.6 is 0 Å². The first-order chi connectivity index (χ1) is 12.5. The van der Waals surface area contributed by atoms with Gasteiger partial charge in [0.1, 0.15) is 0 Å². The van der Waals surface area contributed by atoms with Crippen LogP contribution in [-0.4, -0.2) is 35.4 Å². The van der Waals surface area contributed by atoms with E-state index in [2.05, 4.69) is 23.8 Å². The molecule has 3 N–H and O–H groups in total. The minimum absolute atomic E-state index is 0.0545. The number of carbonyl (C=O) groups is 2. The minimum atomic E-state index is -0.317. The van der Waals surface area contributed by atoms with Crippen molar-refractivity contribution in [1.82, 2.24) is 15.5 Å². The molecule has 0 unspecified atom stereocenters. The van der Waals surface area contributed by atoms with Crippen LogP contribution in [0.5, 0.6) is 0 Å². The van der Waals surface area contributed by atoms with Gasteiger partial charge in [-0.1, -0.05) is 50.4 Å². The maximum absolute atomic E-state index is 12.0. The number of aliphatic hydroxyl groups is 1. The van der Waals surface area contributed by atoms with Crippen LogP contribution < -0.4 is 10.6 Å². The summed E-state index contributed by atoms with van der Waals surface area (Å²) >= 11 is 0. The van der Waals surface area contributed by atoms with Crippen molar-refractivity contribution in [2.45, 2.75) is 26.5 Å². The molecule has 140 valence electrons. The van der Waals surface area contributed by atoms with E-state index in [0.29, 0.717) is 25.3 Å². The quantitative estimate of drug-likeness (QED) is 0.303. The van der Waals surface area contributed by atoms with Gasteiger partial charge >= 0.3 is 0 Å². The molecule has 6 nitrogen and oxygen atoms in total. The van der Waals surface area contributed by atoms with Gasteiger partial charge in [0.05, 0.1) is 12.3 Å². The van der Waals surface area contributed by atoms with Crippen LogP contribution in [0, 0.1) is 0 Å². The highest BCUT2D eigenvalue weighted by Gasteiger charge is 2.07. The molecule has 6 heteroatoms. The topological polar surface area (TPSA) is 81.7 Å². The van der Waals surface area contributed by atoms with Gasteiger partial charge in [-0.3, -0.25) is 9.59 Å². The van der Waals surface area contributed by atoms with E-state index in [1.165, 1.54) is 4.90 Å². The number of hydrogen-bond acceptors (Lipinski definition) is 4. The molecule has 1 rings (SSSR count). The molecule has 1 aromatic rings. The Morgan fingerprint density at radius 1 is 1.23 bits per heavy atom. The van der Waals surface area contributed by atoms with Crippen molar-refractivity contribution in [1.29, 1.82) is 0 Å². The number of allylic oxidation sites excluding steroid dienone is 1. The van der Waals surface area contributed by atoms with Gasteiger partial charge < -0.3 is 20.6 Å². The molecule has 1 aromatic carbocycles. The fourth-order valence-electron chi connectivity index (χ4n) is 2.22. The first-order valence-corrected chi connectivity index (χ1v) is 8.49. The molecule has 0 aromatic heterocycles. The summed E-state index contributed by atoms with van der Waals surface area (Å²) < 4.78 is 0. The summed E-state index contributed by atoms with van der Waals surface area (Å²) in [6, 6.07) is 7.44. The molecule has 0 heterocycles. The standard InChI is InChI=1S/C20H27N3O3/c1-4-12-23(15-25)16(2)8-7-11-21-20(26)17(3)22-13-18-9-5-6-10-19(18)14-24/h5-10,15,22,24H,2-4,11-14H2,1H3,(H,21,26)/b8-7+. The van der Waals surface area contributed by atoms with E-state index in [0.717, 1.165) is 24.0 Å². The first kappa shape index (κ1) is 21.2. The van der Waals surface area contributed by atoms with Crippen LogP contribution in [0.1, 0.15) is 24.5 Å². The van der Waals surface area contributed by atoms with Gasteiger partial charge in [-0.15, -0.1) is 0 Å². The molecule has 0 spiro atoms. The zero-order valence-corrected chi connectivity index (χ0v) is 15.2. The van der Waals surface area contributed by atoms with Gasteiger partial charge in [0, 0.05) is 25.3 Å². The highest BCUT2D eigenvalue weighted by molar-refractivity contribution is 5.92. The Morgan fingerprint density at radius 3 is 2.54 bits per heavy atom. The third-order valence-corrected chi connectivity index (χ3v) is 3.71. The minimum Gasteiger partial charge on any atom is -0.392 e. The number of amides is 2. The SMILES string of the molecule is C=C(NCc1ccccc1CO)C(=O)NC/C=C/C(=C)N(C=O)CCC. The van der Waals surface area contributed by atoms with Crippen LogP contribution in [0.3, 0.4) is 0 Å². The molecule has 0 fully saturated rings. The van der Waals surface area contributed by atoms with Crippen molar-refractivity contribution >= 4 is 12.3 Å². The molecule has 0 radical (unpaired) electrons. The number of hydrogen-bond donors (Lipinski definition) is 3. The Labute approximate surface area is 154 Å². The Bertz CT molecular complexity index is 668. The fourth-order valence-corrected chi connectivity index (χ4v) is 2.22. The third-order valence-electron chi connectivity index (χ3n) is 3.71. The monoisotopic (exact) mass is 357 g/mol. The molecule has 0 saturated carbocycles. The second kappa shape index (κ2) is 11.7. The van der Waals surface area contributed by atoms with Crippen LogP contribution in [0.4, 0.5) is 0 Å². The number of carbonyl (C=O) groups excluding carboxylic acids is 2. The fraction of sp³-hybridized carbons (Fsp3) is 0.300. The van der Waals surface area contributed by atoms with E-state index in [1.807, 2.05) is 31.2 Å². The van der Waals surface area contributed by atoms with Crippen molar-refractivity contribution in [3.8, 4) is 0 Å². The summed E-state index contributed by atoms with van der Waals surface area (Å²) in [5.41, 5.74) is 2.53. The van der Waals surface area contributed by atoms with Crippen LogP contribution in [0.2, 0.25) is 0 Å². The van der Waals surface area contributed by atoms with E-state index < -0.39 is 0 Å². The van der Waals surface area contributed by atoms with Crippen molar-refractivity contribution < 1.29 is 14.7 Å². The van der Waals surface area contributed by atoms with Gasteiger partial charge in [0.25, 0.3) is 5.91 Å². The summed E-state index contributed by atoms with van der Waals surface area (Å²) in [5.74, 6) is -0.317. The molecule has 0 atom stereocenters. The highest BCUT2D eigenvalue weighted by Crippen LogP contribution is 2.08. The molecule has 2 amide bonds. The number of rotatable bonds is 12. The van der Waals surface area contributed by atoms with Crippen molar-refractivity contribution in [2.75, 3.05) is 13.1 Å². The van der Waals surface area contributed by atoms with Crippen LogP contribution in [-0.2, 0) is 22.7 Å². The predicted octanol–water partition coefficient (Wildman–Crippen LogP) is 1.84. The van der Waals surface area contributed by atoms with Gasteiger partial charge in [0.15, 0.2) is 0 Å². The van der Waals surface area contributed by atoms with E-state index in [-0.39, 0.29) is 18.2 Å². The summed E-state index contributed by atoms with van der Waals surface area (Å²) in [5, 5.41) is 15.0. The van der Waals surface area contributed by atoms with Crippen LogP contribution in [0.15, 0.2) is 61.0 Å². The Balaban J connectivity index is 2.40. The lowest BCUT2D eigenvalue weighted by molar-refractivity contribution is -0.118. The normalized spacial score (nSPS) is 10.4. The largest absolute Gasteiger partial charge is 0.392 e. The number of aliphatic hydroxyl groups excluding tert-OH is 1. The van der Waals surface area contributed by atoms with E-state index in [1.54, 1.807) is 12.2 Å². The van der Waals surface area contributed by atoms with Crippen LogP contribution in [0.25, 0.3) is 0 Å². The molecule has 0 aliphatic heterocycles. The zero-order valence-electron chi connectivity index (χ0n) is 15.2. The number of nitrogens with one attached hydrogen (secondary N) is 2. The summed E-state index contributed by atoms with van der Waals surface area (Å²) in [4.78, 5) is 24.4. The van der Waals surface area contributed by atoms with Gasteiger partial charge in [-0.25, -0.2) is 0 Å². The predicted molar refractivity (Wildman–Crippen MR) is 103 cm³/mol. The highest BCUT2D eigenvalue weighted by atomic mass is 16.3. The average molecular weight is 357 g/mol. The van der Waals surface area contributed by atoms with Gasteiger partial charge in [0.2, 0.25) is 6.41 Å². The van der Waals surface area contributed by atoms with E-state index in [4.69, 9.17) is 0 Å². The Kier molecular flexibility index (Phi) is 9.49.